The lowest BCUT2D eigenvalue weighted by molar-refractivity contribution is 0.332. The summed E-state index contributed by atoms with van der Waals surface area (Å²) in [4.78, 5) is 0. The maximum Gasteiger partial charge on any atom is 0.0835 e. The minimum atomic E-state index is 0.584. The van der Waals surface area contributed by atoms with Gasteiger partial charge in [-0.1, -0.05) is 18.6 Å². The third kappa shape index (κ3) is 3.57. The number of ether oxygens (including phenoxy) is 1. The van der Waals surface area contributed by atoms with Gasteiger partial charge in [0.1, 0.15) is 0 Å². The van der Waals surface area contributed by atoms with Crippen molar-refractivity contribution in [2.45, 2.75) is 39.7 Å². The standard InChI is InChI=1S/C10H18O/c1-8(2)5-4-6-9(3)10-7-11-10/h5,9-10H,4,6-7H2,1-3H3/t9-,10-/m1/s1. The third-order valence-electron chi connectivity index (χ3n) is 2.17. The first-order chi connectivity index (χ1) is 5.20. The van der Waals surface area contributed by atoms with Crippen LogP contribution in [0.4, 0.5) is 0 Å². The Balaban J connectivity index is 2.06. The fourth-order valence-corrected chi connectivity index (χ4v) is 1.20. The van der Waals surface area contributed by atoms with Crippen molar-refractivity contribution in [2.24, 2.45) is 5.92 Å². The second kappa shape index (κ2) is 3.91. The van der Waals surface area contributed by atoms with E-state index in [0.717, 1.165) is 12.5 Å². The molecule has 64 valence electrons. The number of epoxide rings is 1. The van der Waals surface area contributed by atoms with Crippen molar-refractivity contribution >= 4 is 0 Å². The molecule has 1 saturated heterocycles. The second-order valence-corrected chi connectivity index (χ2v) is 3.71. The van der Waals surface area contributed by atoms with Crippen LogP contribution in [0.1, 0.15) is 33.6 Å². The zero-order valence-electron chi connectivity index (χ0n) is 7.76. The third-order valence-corrected chi connectivity index (χ3v) is 2.17. The van der Waals surface area contributed by atoms with Crippen LogP contribution < -0.4 is 0 Å². The van der Waals surface area contributed by atoms with Crippen LogP contribution in [0, 0.1) is 5.92 Å². The molecule has 0 aliphatic carbocycles. The van der Waals surface area contributed by atoms with Gasteiger partial charge in [0, 0.05) is 0 Å². The predicted molar refractivity (Wildman–Crippen MR) is 47.6 cm³/mol. The first kappa shape index (κ1) is 8.79. The molecule has 1 nitrogen and oxygen atoms in total. The SMILES string of the molecule is CC(C)=CCC[C@@H](C)[C@H]1CO1. The van der Waals surface area contributed by atoms with E-state index < -0.39 is 0 Å². The van der Waals surface area contributed by atoms with Gasteiger partial charge in [-0.3, -0.25) is 0 Å². The molecule has 1 aliphatic heterocycles. The van der Waals surface area contributed by atoms with E-state index in [0.29, 0.717) is 6.10 Å². The summed E-state index contributed by atoms with van der Waals surface area (Å²) in [5.41, 5.74) is 1.42. The Bertz CT molecular complexity index is 141. The number of hydrogen-bond acceptors (Lipinski definition) is 1. The van der Waals surface area contributed by atoms with Crippen molar-refractivity contribution in [2.75, 3.05) is 6.61 Å². The Hall–Kier alpha value is -0.300. The van der Waals surface area contributed by atoms with Gasteiger partial charge < -0.3 is 4.74 Å². The van der Waals surface area contributed by atoms with Crippen molar-refractivity contribution < 1.29 is 4.74 Å². The molecule has 2 atom stereocenters. The molecule has 1 heteroatoms. The van der Waals surface area contributed by atoms with Gasteiger partial charge in [-0.25, -0.2) is 0 Å². The molecule has 1 fully saturated rings. The molecule has 0 aromatic heterocycles. The second-order valence-electron chi connectivity index (χ2n) is 3.71. The van der Waals surface area contributed by atoms with Gasteiger partial charge in [0.05, 0.1) is 12.7 Å². The normalized spacial score (nSPS) is 24.5. The van der Waals surface area contributed by atoms with Crippen LogP contribution in [0.25, 0.3) is 0 Å². The lowest BCUT2D eigenvalue weighted by atomic mass is 10.0. The summed E-state index contributed by atoms with van der Waals surface area (Å²) in [5, 5.41) is 0. The van der Waals surface area contributed by atoms with Crippen LogP contribution >= 0.6 is 0 Å². The van der Waals surface area contributed by atoms with Crippen molar-refractivity contribution in [3.63, 3.8) is 0 Å². The van der Waals surface area contributed by atoms with Gasteiger partial charge in [0.25, 0.3) is 0 Å². The van der Waals surface area contributed by atoms with E-state index in [9.17, 15) is 0 Å². The molecule has 0 bridgehead atoms. The smallest absolute Gasteiger partial charge is 0.0835 e. The Morgan fingerprint density at radius 3 is 2.73 bits per heavy atom. The van der Waals surface area contributed by atoms with E-state index in [1.165, 1.54) is 18.4 Å². The Morgan fingerprint density at radius 2 is 2.27 bits per heavy atom. The number of rotatable bonds is 4. The molecule has 1 heterocycles. The first-order valence-electron chi connectivity index (χ1n) is 4.45. The highest BCUT2D eigenvalue weighted by Gasteiger charge is 2.28. The summed E-state index contributed by atoms with van der Waals surface area (Å²) >= 11 is 0. The first-order valence-corrected chi connectivity index (χ1v) is 4.45. The maximum atomic E-state index is 5.21. The van der Waals surface area contributed by atoms with Crippen molar-refractivity contribution in [3.8, 4) is 0 Å². The van der Waals surface area contributed by atoms with E-state index in [4.69, 9.17) is 4.74 Å². The minimum absolute atomic E-state index is 0.584. The summed E-state index contributed by atoms with van der Waals surface area (Å²) in [6, 6.07) is 0. The lowest BCUT2D eigenvalue weighted by Crippen LogP contribution is -2.01. The lowest BCUT2D eigenvalue weighted by Gasteiger charge is -2.04. The molecule has 0 spiro atoms. The van der Waals surface area contributed by atoms with Crippen molar-refractivity contribution in [1.29, 1.82) is 0 Å². The molecule has 0 unspecified atom stereocenters. The van der Waals surface area contributed by atoms with Crippen molar-refractivity contribution in [1.82, 2.24) is 0 Å². The Morgan fingerprint density at radius 1 is 1.64 bits per heavy atom. The molecule has 11 heavy (non-hydrogen) atoms. The average molecular weight is 154 g/mol. The van der Waals surface area contributed by atoms with E-state index >= 15 is 0 Å². The predicted octanol–water partition coefficient (Wildman–Crippen LogP) is 2.77. The summed E-state index contributed by atoms with van der Waals surface area (Å²) in [6.45, 7) is 7.57. The van der Waals surface area contributed by atoms with E-state index in [1.54, 1.807) is 0 Å². The minimum Gasteiger partial charge on any atom is -0.373 e. The van der Waals surface area contributed by atoms with Crippen LogP contribution in [-0.4, -0.2) is 12.7 Å². The van der Waals surface area contributed by atoms with Gasteiger partial charge in [-0.2, -0.15) is 0 Å². The van der Waals surface area contributed by atoms with Crippen molar-refractivity contribution in [3.05, 3.63) is 11.6 Å². The van der Waals surface area contributed by atoms with Crippen LogP contribution in [0.3, 0.4) is 0 Å². The molecule has 0 saturated carbocycles. The summed E-state index contributed by atoms with van der Waals surface area (Å²) in [5.74, 6) is 0.755. The van der Waals surface area contributed by atoms with Gasteiger partial charge >= 0.3 is 0 Å². The summed E-state index contributed by atoms with van der Waals surface area (Å²) in [7, 11) is 0. The zero-order chi connectivity index (χ0) is 8.27. The molecule has 1 rings (SSSR count). The molecule has 0 aromatic carbocycles. The summed E-state index contributed by atoms with van der Waals surface area (Å²) < 4.78 is 5.21. The maximum absolute atomic E-state index is 5.21. The average Bonchev–Trinajstić information content (AvgIpc) is 2.66. The molecule has 1 aliphatic rings. The summed E-state index contributed by atoms with van der Waals surface area (Å²) in [6.07, 6.45) is 5.37. The molecule has 0 radical (unpaired) electrons. The fraction of sp³-hybridized carbons (Fsp3) is 0.800. The largest absolute Gasteiger partial charge is 0.373 e. The van der Waals surface area contributed by atoms with Gasteiger partial charge in [-0.15, -0.1) is 0 Å². The molecule has 0 N–H and O–H groups in total. The molecule has 0 amide bonds. The monoisotopic (exact) mass is 154 g/mol. The highest BCUT2D eigenvalue weighted by molar-refractivity contribution is 4.93. The van der Waals surface area contributed by atoms with Crippen LogP contribution in [0.15, 0.2) is 11.6 Å². The van der Waals surface area contributed by atoms with Gasteiger partial charge in [0.2, 0.25) is 0 Å². The quantitative estimate of drug-likeness (QED) is 0.448. The van der Waals surface area contributed by atoms with Gasteiger partial charge in [-0.05, 0) is 32.6 Å². The van der Waals surface area contributed by atoms with E-state index in [1.807, 2.05) is 0 Å². The van der Waals surface area contributed by atoms with Gasteiger partial charge in [0.15, 0.2) is 0 Å². The van der Waals surface area contributed by atoms with E-state index in [-0.39, 0.29) is 0 Å². The highest BCUT2D eigenvalue weighted by atomic mass is 16.6. The Labute approximate surface area is 69.4 Å². The van der Waals surface area contributed by atoms with Crippen LogP contribution in [0.2, 0.25) is 0 Å². The number of hydrogen-bond donors (Lipinski definition) is 0. The van der Waals surface area contributed by atoms with E-state index in [2.05, 4.69) is 26.8 Å². The molecule has 0 aromatic rings. The Kier molecular flexibility index (Phi) is 3.13. The topological polar surface area (TPSA) is 12.5 Å². The van der Waals surface area contributed by atoms with Crippen LogP contribution in [-0.2, 0) is 4.74 Å². The molecular formula is C10H18O. The zero-order valence-corrected chi connectivity index (χ0v) is 7.76. The highest BCUT2D eigenvalue weighted by Crippen LogP contribution is 2.23. The number of allylic oxidation sites excluding steroid dienone is 2. The molecular weight excluding hydrogens is 136 g/mol. The van der Waals surface area contributed by atoms with Crippen LogP contribution in [0.5, 0.6) is 0 Å². The fourth-order valence-electron chi connectivity index (χ4n) is 1.20.